The molecule has 0 spiro atoms. The van der Waals surface area contributed by atoms with E-state index in [-0.39, 0.29) is 5.97 Å². The summed E-state index contributed by atoms with van der Waals surface area (Å²) in [6, 6.07) is 0. The van der Waals surface area contributed by atoms with E-state index >= 15 is 0 Å². The van der Waals surface area contributed by atoms with Crippen LogP contribution in [-0.4, -0.2) is 25.3 Å². The number of hydrogen-bond acceptors (Lipinski definition) is 3. The zero-order valence-electron chi connectivity index (χ0n) is 14.8. The average molecular weight is 312 g/mol. The number of carbonyl (C=O) groups is 1. The third-order valence-electron chi connectivity index (χ3n) is 4.70. The minimum absolute atomic E-state index is 0.0921. The second-order valence-electron chi connectivity index (χ2n) is 6.69. The second-order valence-corrected chi connectivity index (χ2v) is 6.69. The van der Waals surface area contributed by atoms with Crippen LogP contribution in [0.15, 0.2) is 0 Å². The van der Waals surface area contributed by atoms with E-state index in [4.69, 9.17) is 4.74 Å². The van der Waals surface area contributed by atoms with Gasteiger partial charge < -0.3 is 9.47 Å². The SMILES string of the molecule is CCCCCCCCC1CCCC(CCCCC(=O)OC)O1. The van der Waals surface area contributed by atoms with Gasteiger partial charge >= 0.3 is 5.97 Å². The molecule has 1 heterocycles. The molecule has 0 aromatic rings. The highest BCUT2D eigenvalue weighted by molar-refractivity contribution is 5.68. The molecule has 0 radical (unpaired) electrons. The van der Waals surface area contributed by atoms with Gasteiger partial charge in [0.1, 0.15) is 0 Å². The topological polar surface area (TPSA) is 35.5 Å². The first-order valence-electron chi connectivity index (χ1n) is 9.48. The van der Waals surface area contributed by atoms with E-state index in [1.165, 1.54) is 71.3 Å². The first-order chi connectivity index (χ1) is 10.8. The molecule has 130 valence electrons. The number of rotatable bonds is 12. The molecule has 0 amide bonds. The zero-order chi connectivity index (χ0) is 16.0. The number of methoxy groups -OCH3 is 1. The molecule has 1 saturated heterocycles. The molecule has 22 heavy (non-hydrogen) atoms. The molecule has 3 heteroatoms. The van der Waals surface area contributed by atoms with Crippen molar-refractivity contribution in [1.82, 2.24) is 0 Å². The molecule has 0 saturated carbocycles. The normalized spacial score (nSPS) is 21.7. The molecule has 2 unspecified atom stereocenters. The first kappa shape index (κ1) is 19.5. The Bertz CT molecular complexity index is 278. The summed E-state index contributed by atoms with van der Waals surface area (Å²) in [4.78, 5) is 11.1. The molecule has 0 aromatic heterocycles. The molecule has 0 bridgehead atoms. The van der Waals surface area contributed by atoms with Crippen molar-refractivity contribution in [3.63, 3.8) is 0 Å². The Morgan fingerprint density at radius 3 is 2.18 bits per heavy atom. The summed E-state index contributed by atoms with van der Waals surface area (Å²) in [6.45, 7) is 2.27. The van der Waals surface area contributed by atoms with E-state index in [2.05, 4.69) is 11.7 Å². The molecule has 1 aliphatic heterocycles. The van der Waals surface area contributed by atoms with Crippen LogP contribution in [0.25, 0.3) is 0 Å². The van der Waals surface area contributed by atoms with Crippen LogP contribution in [0, 0.1) is 0 Å². The highest BCUT2D eigenvalue weighted by atomic mass is 16.5. The van der Waals surface area contributed by atoms with Crippen molar-refractivity contribution in [2.75, 3.05) is 7.11 Å². The van der Waals surface area contributed by atoms with Crippen LogP contribution >= 0.6 is 0 Å². The molecular formula is C19H36O3. The Hall–Kier alpha value is -0.570. The van der Waals surface area contributed by atoms with Crippen LogP contribution in [0.5, 0.6) is 0 Å². The summed E-state index contributed by atoms with van der Waals surface area (Å²) in [5.41, 5.74) is 0. The van der Waals surface area contributed by atoms with E-state index in [1.54, 1.807) is 0 Å². The molecule has 3 nitrogen and oxygen atoms in total. The van der Waals surface area contributed by atoms with Crippen LogP contribution < -0.4 is 0 Å². The van der Waals surface area contributed by atoms with E-state index < -0.39 is 0 Å². The maximum absolute atomic E-state index is 11.1. The summed E-state index contributed by atoms with van der Waals surface area (Å²) < 4.78 is 10.9. The molecule has 0 N–H and O–H groups in total. The lowest BCUT2D eigenvalue weighted by Gasteiger charge is -2.30. The van der Waals surface area contributed by atoms with Gasteiger partial charge in [0.25, 0.3) is 0 Å². The van der Waals surface area contributed by atoms with Gasteiger partial charge in [-0.25, -0.2) is 0 Å². The largest absolute Gasteiger partial charge is 0.469 e. The van der Waals surface area contributed by atoms with Crippen molar-refractivity contribution < 1.29 is 14.3 Å². The van der Waals surface area contributed by atoms with Crippen molar-refractivity contribution in [3.05, 3.63) is 0 Å². The van der Waals surface area contributed by atoms with Gasteiger partial charge in [0.2, 0.25) is 0 Å². The predicted molar refractivity (Wildman–Crippen MR) is 91.0 cm³/mol. The van der Waals surface area contributed by atoms with Gasteiger partial charge in [0.15, 0.2) is 0 Å². The van der Waals surface area contributed by atoms with Crippen molar-refractivity contribution in [3.8, 4) is 0 Å². The lowest BCUT2D eigenvalue weighted by atomic mass is 9.96. The van der Waals surface area contributed by atoms with Crippen LogP contribution in [0.3, 0.4) is 0 Å². The highest BCUT2D eigenvalue weighted by Crippen LogP contribution is 2.26. The van der Waals surface area contributed by atoms with Gasteiger partial charge in [-0.15, -0.1) is 0 Å². The smallest absolute Gasteiger partial charge is 0.305 e. The Balaban J connectivity index is 2.02. The average Bonchev–Trinajstić information content (AvgIpc) is 2.55. The fourth-order valence-corrected chi connectivity index (χ4v) is 3.30. The lowest BCUT2D eigenvalue weighted by molar-refractivity contribution is -0.140. The standard InChI is InChI=1S/C19H36O3/c1-3-4-5-6-7-8-12-17-14-11-15-18(22-17)13-9-10-16-19(20)21-2/h17-18H,3-16H2,1-2H3. The van der Waals surface area contributed by atoms with E-state index in [0.29, 0.717) is 18.6 Å². The quantitative estimate of drug-likeness (QED) is 0.357. The van der Waals surface area contributed by atoms with Crippen LogP contribution in [0.4, 0.5) is 0 Å². The number of hydrogen-bond donors (Lipinski definition) is 0. The Morgan fingerprint density at radius 2 is 1.55 bits per heavy atom. The minimum atomic E-state index is -0.0921. The maximum atomic E-state index is 11.1. The molecule has 1 aliphatic rings. The highest BCUT2D eigenvalue weighted by Gasteiger charge is 2.21. The summed E-state index contributed by atoms with van der Waals surface area (Å²) in [5, 5.41) is 0. The van der Waals surface area contributed by atoms with Crippen LogP contribution in [0.2, 0.25) is 0 Å². The van der Waals surface area contributed by atoms with E-state index in [1.807, 2.05) is 0 Å². The van der Waals surface area contributed by atoms with Gasteiger partial charge in [0.05, 0.1) is 19.3 Å². The fraction of sp³-hybridized carbons (Fsp3) is 0.947. The molecule has 1 fully saturated rings. The molecule has 1 rings (SSSR count). The van der Waals surface area contributed by atoms with Crippen LogP contribution in [0.1, 0.15) is 96.8 Å². The van der Waals surface area contributed by atoms with E-state index in [0.717, 1.165) is 19.3 Å². The Morgan fingerprint density at radius 1 is 0.955 bits per heavy atom. The second kappa shape index (κ2) is 12.9. The summed E-state index contributed by atoms with van der Waals surface area (Å²) in [7, 11) is 1.46. The maximum Gasteiger partial charge on any atom is 0.305 e. The van der Waals surface area contributed by atoms with E-state index in [9.17, 15) is 4.79 Å². The summed E-state index contributed by atoms with van der Waals surface area (Å²) in [5.74, 6) is -0.0921. The van der Waals surface area contributed by atoms with Gasteiger partial charge in [-0.1, -0.05) is 51.9 Å². The third-order valence-corrected chi connectivity index (χ3v) is 4.70. The molecular weight excluding hydrogens is 276 g/mol. The van der Waals surface area contributed by atoms with Gasteiger partial charge in [-0.2, -0.15) is 0 Å². The van der Waals surface area contributed by atoms with Gasteiger partial charge in [-0.3, -0.25) is 4.79 Å². The predicted octanol–water partition coefficient (Wildman–Crippen LogP) is 5.41. The third kappa shape index (κ3) is 9.45. The van der Waals surface area contributed by atoms with Crippen molar-refractivity contribution in [2.45, 2.75) is 109 Å². The Kier molecular flexibility index (Phi) is 11.4. The number of unbranched alkanes of at least 4 members (excludes halogenated alkanes) is 6. The van der Waals surface area contributed by atoms with Crippen LogP contribution in [-0.2, 0) is 14.3 Å². The molecule has 0 aliphatic carbocycles. The van der Waals surface area contributed by atoms with Crippen molar-refractivity contribution in [1.29, 1.82) is 0 Å². The number of carbonyl (C=O) groups excluding carboxylic acids is 1. The number of esters is 1. The number of ether oxygens (including phenoxy) is 2. The summed E-state index contributed by atoms with van der Waals surface area (Å²) in [6.07, 6.45) is 17.7. The van der Waals surface area contributed by atoms with Crippen molar-refractivity contribution in [2.24, 2.45) is 0 Å². The molecule has 0 aromatic carbocycles. The van der Waals surface area contributed by atoms with Gasteiger partial charge in [0, 0.05) is 6.42 Å². The fourth-order valence-electron chi connectivity index (χ4n) is 3.30. The first-order valence-corrected chi connectivity index (χ1v) is 9.48. The molecule has 2 atom stereocenters. The summed E-state index contributed by atoms with van der Waals surface area (Å²) >= 11 is 0. The van der Waals surface area contributed by atoms with Crippen molar-refractivity contribution >= 4 is 5.97 Å². The van der Waals surface area contributed by atoms with Gasteiger partial charge in [-0.05, 0) is 38.5 Å². The monoisotopic (exact) mass is 312 g/mol. The Labute approximate surface area is 137 Å². The lowest BCUT2D eigenvalue weighted by Crippen LogP contribution is -2.27. The zero-order valence-corrected chi connectivity index (χ0v) is 14.8. The minimum Gasteiger partial charge on any atom is -0.469 e.